The molecule has 0 aliphatic heterocycles. The van der Waals surface area contributed by atoms with E-state index in [2.05, 4.69) is 20.6 Å². The summed E-state index contributed by atoms with van der Waals surface area (Å²) in [6.45, 7) is 6.46. The molecule has 1 aromatic rings. The van der Waals surface area contributed by atoms with Crippen molar-refractivity contribution in [1.29, 1.82) is 0 Å². The van der Waals surface area contributed by atoms with Crippen LogP contribution in [0.1, 0.15) is 19.7 Å². The molecule has 0 spiro atoms. The van der Waals surface area contributed by atoms with Crippen LogP contribution in [0.5, 0.6) is 0 Å². The summed E-state index contributed by atoms with van der Waals surface area (Å²) in [6.07, 6.45) is 0. The van der Waals surface area contributed by atoms with E-state index >= 15 is 0 Å². The number of hydrogen-bond donors (Lipinski definition) is 3. The summed E-state index contributed by atoms with van der Waals surface area (Å²) in [7, 11) is 1.83. The van der Waals surface area contributed by atoms with Gasteiger partial charge in [-0.25, -0.2) is 9.97 Å². The van der Waals surface area contributed by atoms with Crippen LogP contribution >= 0.6 is 0 Å². The molecule has 0 aromatic carbocycles. The third-order valence-corrected chi connectivity index (χ3v) is 1.82. The number of hydrogen-bond acceptors (Lipinski definition) is 5. The Labute approximate surface area is 90.5 Å². The highest BCUT2D eigenvalue weighted by atomic mass is 15.1. The molecule has 0 saturated carbocycles. The van der Waals surface area contributed by atoms with E-state index in [0.717, 1.165) is 17.5 Å². The lowest BCUT2D eigenvalue weighted by molar-refractivity contribution is 0.548. The van der Waals surface area contributed by atoms with Crippen molar-refractivity contribution < 1.29 is 0 Å². The summed E-state index contributed by atoms with van der Waals surface area (Å²) in [5, 5.41) is 6.17. The van der Waals surface area contributed by atoms with E-state index in [1.54, 1.807) is 0 Å². The number of aryl methyl sites for hydroxylation is 1. The van der Waals surface area contributed by atoms with Crippen LogP contribution in [0.3, 0.4) is 0 Å². The molecule has 1 rings (SSSR count). The highest BCUT2D eigenvalue weighted by Gasteiger charge is 2.10. The minimum atomic E-state index is -0.251. The Bertz CT molecular complexity index is 329. The lowest BCUT2D eigenvalue weighted by atomic mass is 10.1. The third kappa shape index (κ3) is 4.12. The van der Waals surface area contributed by atoms with E-state index in [0.29, 0.717) is 6.54 Å². The van der Waals surface area contributed by atoms with Gasteiger partial charge in [0.05, 0.1) is 0 Å². The molecule has 0 atom stereocenters. The first-order chi connectivity index (χ1) is 6.90. The van der Waals surface area contributed by atoms with Gasteiger partial charge in [0.25, 0.3) is 0 Å². The second-order valence-electron chi connectivity index (χ2n) is 4.28. The van der Waals surface area contributed by atoms with Gasteiger partial charge in [-0.05, 0) is 20.8 Å². The molecule has 15 heavy (non-hydrogen) atoms. The van der Waals surface area contributed by atoms with Gasteiger partial charge in [-0.3, -0.25) is 0 Å². The molecule has 0 radical (unpaired) electrons. The van der Waals surface area contributed by atoms with Crippen molar-refractivity contribution in [2.75, 3.05) is 24.2 Å². The Morgan fingerprint density at radius 3 is 2.47 bits per heavy atom. The molecule has 0 aliphatic rings. The maximum atomic E-state index is 5.87. The zero-order valence-electron chi connectivity index (χ0n) is 9.76. The molecule has 0 saturated heterocycles. The quantitative estimate of drug-likeness (QED) is 0.689. The van der Waals surface area contributed by atoms with E-state index < -0.39 is 0 Å². The van der Waals surface area contributed by atoms with Crippen molar-refractivity contribution in [3.05, 3.63) is 11.9 Å². The Hall–Kier alpha value is -1.36. The lowest BCUT2D eigenvalue weighted by Gasteiger charge is -2.19. The first-order valence-electron chi connectivity index (χ1n) is 4.97. The van der Waals surface area contributed by atoms with Crippen LogP contribution in [0.15, 0.2) is 6.07 Å². The van der Waals surface area contributed by atoms with Gasteiger partial charge in [-0.15, -0.1) is 0 Å². The highest BCUT2D eigenvalue weighted by molar-refractivity contribution is 5.47. The van der Waals surface area contributed by atoms with E-state index in [1.807, 2.05) is 33.9 Å². The van der Waals surface area contributed by atoms with Crippen molar-refractivity contribution in [3.63, 3.8) is 0 Å². The first-order valence-corrected chi connectivity index (χ1v) is 4.97. The van der Waals surface area contributed by atoms with Gasteiger partial charge < -0.3 is 16.4 Å². The number of anilines is 2. The van der Waals surface area contributed by atoms with Gasteiger partial charge in [0, 0.05) is 25.2 Å². The van der Waals surface area contributed by atoms with Crippen molar-refractivity contribution in [2.45, 2.75) is 26.3 Å². The highest BCUT2D eigenvalue weighted by Crippen LogP contribution is 2.11. The summed E-state index contributed by atoms with van der Waals surface area (Å²) < 4.78 is 0. The molecule has 0 bridgehead atoms. The number of rotatable bonds is 4. The Kier molecular flexibility index (Phi) is 3.47. The zero-order valence-corrected chi connectivity index (χ0v) is 9.76. The fourth-order valence-electron chi connectivity index (χ4n) is 1.10. The summed E-state index contributed by atoms with van der Waals surface area (Å²) in [5.41, 5.74) is 5.62. The Morgan fingerprint density at radius 1 is 1.33 bits per heavy atom. The number of nitrogens with two attached hydrogens (primary N) is 1. The van der Waals surface area contributed by atoms with Gasteiger partial charge in [-0.1, -0.05) is 0 Å². The van der Waals surface area contributed by atoms with Gasteiger partial charge >= 0.3 is 0 Å². The maximum absolute atomic E-state index is 5.87. The normalized spacial score (nSPS) is 11.3. The predicted octanol–water partition coefficient (Wildman–Crippen LogP) is 0.976. The topological polar surface area (TPSA) is 75.9 Å². The molecular weight excluding hydrogens is 190 g/mol. The molecule has 1 heterocycles. The average molecular weight is 209 g/mol. The minimum Gasteiger partial charge on any atom is -0.373 e. The molecule has 5 nitrogen and oxygen atoms in total. The minimum absolute atomic E-state index is 0.251. The summed E-state index contributed by atoms with van der Waals surface area (Å²) in [4.78, 5) is 8.47. The second-order valence-corrected chi connectivity index (χ2v) is 4.28. The molecule has 0 unspecified atom stereocenters. The SMILES string of the molecule is CNc1cc(NCC(C)(C)N)nc(C)n1. The predicted molar refractivity (Wildman–Crippen MR) is 63.1 cm³/mol. The van der Waals surface area contributed by atoms with Crippen molar-refractivity contribution in [2.24, 2.45) is 5.73 Å². The van der Waals surface area contributed by atoms with E-state index in [4.69, 9.17) is 5.73 Å². The van der Waals surface area contributed by atoms with Crippen LogP contribution in [0.2, 0.25) is 0 Å². The zero-order chi connectivity index (χ0) is 11.5. The summed E-state index contributed by atoms with van der Waals surface area (Å²) >= 11 is 0. The molecular formula is C10H19N5. The number of nitrogens with one attached hydrogen (secondary N) is 2. The average Bonchev–Trinajstić information content (AvgIpc) is 2.13. The van der Waals surface area contributed by atoms with Crippen LogP contribution in [0.25, 0.3) is 0 Å². The van der Waals surface area contributed by atoms with Crippen LogP contribution < -0.4 is 16.4 Å². The molecule has 4 N–H and O–H groups in total. The third-order valence-electron chi connectivity index (χ3n) is 1.82. The van der Waals surface area contributed by atoms with E-state index in [9.17, 15) is 0 Å². The number of aromatic nitrogens is 2. The maximum Gasteiger partial charge on any atom is 0.131 e. The molecule has 84 valence electrons. The van der Waals surface area contributed by atoms with Gasteiger partial charge in [-0.2, -0.15) is 0 Å². The van der Waals surface area contributed by atoms with Gasteiger partial charge in [0.15, 0.2) is 0 Å². The second kappa shape index (κ2) is 4.44. The van der Waals surface area contributed by atoms with Crippen molar-refractivity contribution >= 4 is 11.6 Å². The van der Waals surface area contributed by atoms with Crippen LogP contribution in [-0.4, -0.2) is 29.1 Å². The molecule has 1 aromatic heterocycles. The first kappa shape index (κ1) is 11.7. The smallest absolute Gasteiger partial charge is 0.131 e. The van der Waals surface area contributed by atoms with Crippen LogP contribution in [0.4, 0.5) is 11.6 Å². The Balaban J connectivity index is 2.73. The van der Waals surface area contributed by atoms with Crippen LogP contribution in [-0.2, 0) is 0 Å². The van der Waals surface area contributed by atoms with Crippen LogP contribution in [0, 0.1) is 6.92 Å². The van der Waals surface area contributed by atoms with E-state index in [1.165, 1.54) is 0 Å². The Morgan fingerprint density at radius 2 is 1.93 bits per heavy atom. The van der Waals surface area contributed by atoms with Crippen molar-refractivity contribution in [3.8, 4) is 0 Å². The number of nitrogens with zero attached hydrogens (tertiary/aromatic N) is 2. The standard InChI is InChI=1S/C10H19N5/c1-7-14-8(12-4)5-9(15-7)13-6-10(2,3)11/h5H,6,11H2,1-4H3,(H2,12,13,14,15). The molecule has 0 amide bonds. The fourth-order valence-corrected chi connectivity index (χ4v) is 1.10. The lowest BCUT2D eigenvalue weighted by Crippen LogP contribution is -2.39. The molecule has 5 heteroatoms. The summed E-state index contributed by atoms with van der Waals surface area (Å²) in [5.74, 6) is 2.34. The monoisotopic (exact) mass is 209 g/mol. The van der Waals surface area contributed by atoms with Gasteiger partial charge in [0.1, 0.15) is 17.5 Å². The summed E-state index contributed by atoms with van der Waals surface area (Å²) in [6, 6.07) is 1.86. The van der Waals surface area contributed by atoms with Crippen molar-refractivity contribution in [1.82, 2.24) is 9.97 Å². The molecule has 0 fully saturated rings. The molecule has 0 aliphatic carbocycles. The largest absolute Gasteiger partial charge is 0.373 e. The fraction of sp³-hybridized carbons (Fsp3) is 0.600. The van der Waals surface area contributed by atoms with Gasteiger partial charge in [0.2, 0.25) is 0 Å². The van der Waals surface area contributed by atoms with E-state index in [-0.39, 0.29) is 5.54 Å².